The minimum Gasteiger partial charge on any atom is -0.497 e. The van der Waals surface area contributed by atoms with Crippen LogP contribution in [0.5, 0.6) is 11.5 Å². The van der Waals surface area contributed by atoms with Gasteiger partial charge in [-0.2, -0.15) is 0 Å². The van der Waals surface area contributed by atoms with Gasteiger partial charge in [-0.3, -0.25) is 9.59 Å². The van der Waals surface area contributed by atoms with Crippen LogP contribution >= 0.6 is 0 Å². The summed E-state index contributed by atoms with van der Waals surface area (Å²) < 4.78 is 16.2. The number of aromatic nitrogens is 1. The van der Waals surface area contributed by atoms with E-state index in [-0.39, 0.29) is 24.3 Å². The third kappa shape index (κ3) is 6.10. The van der Waals surface area contributed by atoms with E-state index in [9.17, 15) is 9.59 Å². The first-order valence-electron chi connectivity index (χ1n) is 10.3. The normalized spacial score (nSPS) is 11.5. The molecule has 0 bridgehead atoms. The van der Waals surface area contributed by atoms with Crippen molar-refractivity contribution in [1.82, 2.24) is 10.5 Å². The van der Waals surface area contributed by atoms with E-state index in [0.717, 1.165) is 17.7 Å². The number of para-hydroxylation sites is 2. The second-order valence-electron chi connectivity index (χ2n) is 7.40. The number of hydrogen-bond acceptors (Lipinski definition) is 6. The number of nitrogens with one attached hydrogen (secondary N) is 1. The quantitative estimate of drug-likeness (QED) is 0.463. The van der Waals surface area contributed by atoms with Crippen LogP contribution in [0.2, 0.25) is 0 Å². The van der Waals surface area contributed by atoms with Gasteiger partial charge in [0.05, 0.1) is 24.5 Å². The largest absolute Gasteiger partial charge is 0.497 e. The summed E-state index contributed by atoms with van der Waals surface area (Å²) in [5, 5.41) is 6.83. The van der Waals surface area contributed by atoms with Gasteiger partial charge in [-0.15, -0.1) is 0 Å². The Bertz CT molecular complexity index is 1030. The molecule has 1 N–H and O–H groups in total. The first kappa shape index (κ1) is 22.9. The van der Waals surface area contributed by atoms with Gasteiger partial charge >= 0.3 is 0 Å². The lowest BCUT2D eigenvalue weighted by Gasteiger charge is -2.19. The van der Waals surface area contributed by atoms with Crippen LogP contribution in [-0.4, -0.2) is 44.3 Å². The van der Waals surface area contributed by atoms with Gasteiger partial charge in [-0.05, 0) is 49.6 Å². The maximum absolute atomic E-state index is 12.5. The molecule has 2 aromatic carbocycles. The Labute approximate surface area is 187 Å². The van der Waals surface area contributed by atoms with Crippen LogP contribution in [0, 0.1) is 0 Å². The first-order valence-corrected chi connectivity index (χ1v) is 10.3. The number of amides is 2. The van der Waals surface area contributed by atoms with Gasteiger partial charge in [-0.25, -0.2) is 0 Å². The van der Waals surface area contributed by atoms with Crippen molar-refractivity contribution in [2.24, 2.45) is 0 Å². The lowest BCUT2D eigenvalue weighted by atomic mass is 10.1. The third-order valence-corrected chi connectivity index (χ3v) is 4.88. The van der Waals surface area contributed by atoms with Gasteiger partial charge in [0.15, 0.2) is 0 Å². The monoisotopic (exact) mass is 437 g/mol. The van der Waals surface area contributed by atoms with Crippen molar-refractivity contribution in [2.75, 3.05) is 25.7 Å². The fraction of sp³-hybridized carbons (Fsp3) is 0.292. The smallest absolute Gasteiger partial charge is 0.290 e. The summed E-state index contributed by atoms with van der Waals surface area (Å²) in [6.07, 6.45) is 2.14. The average Bonchev–Trinajstić information content (AvgIpc) is 3.31. The Hall–Kier alpha value is -3.81. The maximum Gasteiger partial charge on any atom is 0.290 e. The molecule has 1 aromatic heterocycles. The number of methoxy groups -OCH3 is 1. The molecule has 1 unspecified atom stereocenters. The third-order valence-electron chi connectivity index (χ3n) is 4.88. The molecule has 168 valence electrons. The Morgan fingerprint density at radius 3 is 2.66 bits per heavy atom. The molecular weight excluding hydrogens is 410 g/mol. The molecule has 1 heterocycles. The highest BCUT2D eigenvalue weighted by Crippen LogP contribution is 2.26. The molecule has 0 fully saturated rings. The molecule has 1 atom stereocenters. The van der Waals surface area contributed by atoms with Crippen molar-refractivity contribution >= 4 is 18.0 Å². The molecular formula is C24H27N3O5. The highest BCUT2D eigenvalue weighted by molar-refractivity contribution is 5.91. The molecule has 0 aliphatic heterocycles. The van der Waals surface area contributed by atoms with E-state index in [0.29, 0.717) is 30.0 Å². The summed E-state index contributed by atoms with van der Waals surface area (Å²) in [7, 11) is 3.28. The molecule has 0 aliphatic rings. The number of anilines is 1. The van der Waals surface area contributed by atoms with Crippen LogP contribution < -0.4 is 19.7 Å². The highest BCUT2D eigenvalue weighted by atomic mass is 16.5. The zero-order valence-corrected chi connectivity index (χ0v) is 18.4. The lowest BCUT2D eigenvalue weighted by Crippen LogP contribution is -2.36. The Morgan fingerprint density at radius 1 is 1.19 bits per heavy atom. The van der Waals surface area contributed by atoms with E-state index in [2.05, 4.69) is 10.5 Å². The fourth-order valence-electron chi connectivity index (χ4n) is 3.08. The number of nitrogens with zero attached hydrogens (tertiary/aromatic N) is 2. The van der Waals surface area contributed by atoms with Crippen molar-refractivity contribution < 1.29 is 23.6 Å². The van der Waals surface area contributed by atoms with Crippen molar-refractivity contribution in [1.29, 1.82) is 0 Å². The van der Waals surface area contributed by atoms with E-state index in [1.165, 1.54) is 4.90 Å². The van der Waals surface area contributed by atoms with Crippen LogP contribution in [0.15, 0.2) is 59.1 Å². The zero-order chi connectivity index (χ0) is 22.9. The summed E-state index contributed by atoms with van der Waals surface area (Å²) in [6, 6.07) is 16.4. The maximum atomic E-state index is 12.5. The van der Waals surface area contributed by atoms with Gasteiger partial charge < -0.3 is 24.2 Å². The van der Waals surface area contributed by atoms with E-state index in [4.69, 9.17) is 14.0 Å². The summed E-state index contributed by atoms with van der Waals surface area (Å²) in [6.45, 7) is 2.05. The number of hydrogen-bond donors (Lipinski definition) is 1. The second kappa shape index (κ2) is 11.0. The minimum atomic E-state index is -0.359. The summed E-state index contributed by atoms with van der Waals surface area (Å²) in [4.78, 5) is 25.0. The van der Waals surface area contributed by atoms with Crippen molar-refractivity contribution in [3.8, 4) is 11.5 Å². The zero-order valence-electron chi connectivity index (χ0n) is 18.4. The minimum absolute atomic E-state index is 0.155. The molecule has 3 rings (SSSR count). The Morgan fingerprint density at radius 2 is 1.94 bits per heavy atom. The SMILES string of the molecule is COc1ccc(CCc2cc(C(=O)NC(C)COc3ccccc3N(C)C=O)on2)cc1. The molecule has 0 aliphatic carbocycles. The second-order valence-corrected chi connectivity index (χ2v) is 7.40. The van der Waals surface area contributed by atoms with E-state index < -0.39 is 0 Å². The Balaban J connectivity index is 1.49. The summed E-state index contributed by atoms with van der Waals surface area (Å²) in [5.74, 6) is 1.17. The molecule has 0 saturated heterocycles. The van der Waals surface area contributed by atoms with Gasteiger partial charge in [0.1, 0.15) is 18.1 Å². The van der Waals surface area contributed by atoms with Crippen LogP contribution in [0.1, 0.15) is 28.7 Å². The van der Waals surface area contributed by atoms with E-state index in [1.807, 2.05) is 43.3 Å². The standard InChI is InChI=1S/C24H27N3O5/c1-17(15-31-22-7-5-4-6-21(22)27(2)16-28)25-24(29)23-14-19(26-32-23)11-8-18-9-12-20(30-3)13-10-18/h4-7,9-10,12-14,16-17H,8,11,15H2,1-3H3,(H,25,29). The van der Waals surface area contributed by atoms with Crippen LogP contribution in [0.25, 0.3) is 0 Å². The van der Waals surface area contributed by atoms with Crippen molar-refractivity contribution in [3.63, 3.8) is 0 Å². The van der Waals surface area contributed by atoms with Gasteiger partial charge in [0, 0.05) is 13.1 Å². The van der Waals surface area contributed by atoms with Gasteiger partial charge in [0.25, 0.3) is 5.91 Å². The Kier molecular flexibility index (Phi) is 7.85. The summed E-state index contributed by atoms with van der Waals surface area (Å²) >= 11 is 0. The van der Waals surface area contributed by atoms with Crippen molar-refractivity contribution in [3.05, 3.63) is 71.6 Å². The first-order chi connectivity index (χ1) is 15.5. The summed E-state index contributed by atoms with van der Waals surface area (Å²) in [5.41, 5.74) is 2.50. The molecule has 2 amide bonds. The number of carbonyl (C=O) groups is 2. The lowest BCUT2D eigenvalue weighted by molar-refractivity contribution is -0.107. The van der Waals surface area contributed by atoms with E-state index in [1.54, 1.807) is 32.4 Å². The molecule has 0 saturated carbocycles. The van der Waals surface area contributed by atoms with Crippen LogP contribution in [0.3, 0.4) is 0 Å². The van der Waals surface area contributed by atoms with Gasteiger partial charge in [-0.1, -0.05) is 29.4 Å². The molecule has 0 radical (unpaired) electrons. The fourth-order valence-corrected chi connectivity index (χ4v) is 3.08. The predicted octanol–water partition coefficient (Wildman–Crippen LogP) is 3.26. The number of rotatable bonds is 11. The predicted molar refractivity (Wildman–Crippen MR) is 120 cm³/mol. The number of ether oxygens (including phenoxy) is 2. The molecule has 3 aromatic rings. The molecule has 8 heteroatoms. The van der Waals surface area contributed by atoms with Gasteiger partial charge in [0.2, 0.25) is 12.2 Å². The topological polar surface area (TPSA) is 93.9 Å². The number of aryl methyl sites for hydroxylation is 2. The molecule has 32 heavy (non-hydrogen) atoms. The molecule has 0 spiro atoms. The number of benzene rings is 2. The van der Waals surface area contributed by atoms with Crippen LogP contribution in [-0.2, 0) is 17.6 Å². The molecule has 8 nitrogen and oxygen atoms in total. The van der Waals surface area contributed by atoms with Crippen LogP contribution in [0.4, 0.5) is 5.69 Å². The number of carbonyl (C=O) groups excluding carboxylic acids is 2. The van der Waals surface area contributed by atoms with Crippen molar-refractivity contribution in [2.45, 2.75) is 25.8 Å². The average molecular weight is 437 g/mol. The highest BCUT2D eigenvalue weighted by Gasteiger charge is 2.17. The van der Waals surface area contributed by atoms with E-state index >= 15 is 0 Å².